The molecule has 0 unspecified atom stereocenters. The molecular weight excluding hydrogens is 251 g/mol. The van der Waals surface area contributed by atoms with Crippen LogP contribution in [-0.4, -0.2) is 12.4 Å². The Morgan fingerprint density at radius 2 is 1.94 bits per heavy atom. The molecule has 2 aromatic rings. The van der Waals surface area contributed by atoms with Gasteiger partial charge in [0.2, 0.25) is 0 Å². The van der Waals surface area contributed by atoms with E-state index in [0.29, 0.717) is 23.0 Å². The zero-order chi connectivity index (χ0) is 12.5. The first-order chi connectivity index (χ1) is 8.75. The lowest BCUT2D eigenvalue weighted by Gasteiger charge is -2.19. The Morgan fingerprint density at radius 3 is 2.78 bits per heavy atom. The van der Waals surface area contributed by atoms with E-state index in [9.17, 15) is 4.39 Å². The maximum Gasteiger partial charge on any atom is 0.132 e. The minimum absolute atomic E-state index is 0.274. The number of hydrogen-bond donors (Lipinski definition) is 1. The molecule has 2 aromatic carbocycles. The van der Waals surface area contributed by atoms with Crippen molar-refractivity contribution < 1.29 is 4.39 Å². The van der Waals surface area contributed by atoms with Crippen LogP contribution in [0.1, 0.15) is 11.1 Å². The van der Waals surface area contributed by atoms with Crippen LogP contribution in [0.4, 0.5) is 10.1 Å². The number of nitrogens with one attached hydrogen (secondary N) is 1. The van der Waals surface area contributed by atoms with E-state index in [1.54, 1.807) is 30.3 Å². The molecule has 1 N–H and O–H groups in total. The van der Waals surface area contributed by atoms with Crippen LogP contribution in [0.25, 0.3) is 0 Å². The van der Waals surface area contributed by atoms with Gasteiger partial charge in [-0.2, -0.15) is 0 Å². The predicted octanol–water partition coefficient (Wildman–Crippen LogP) is 3.70. The predicted molar refractivity (Wildman–Crippen MR) is 72.0 cm³/mol. The third kappa shape index (κ3) is 1.87. The van der Waals surface area contributed by atoms with Crippen LogP contribution in [0.15, 0.2) is 47.5 Å². The van der Waals surface area contributed by atoms with Crippen molar-refractivity contribution >= 4 is 23.0 Å². The molecule has 90 valence electrons. The lowest BCUT2D eigenvalue weighted by molar-refractivity contribution is 0.625. The molecule has 1 heterocycles. The monoisotopic (exact) mass is 260 g/mol. The molecular formula is C14H10ClFN2. The molecule has 0 amide bonds. The Labute approximate surface area is 109 Å². The summed E-state index contributed by atoms with van der Waals surface area (Å²) in [5.74, 6) is -0.274. The summed E-state index contributed by atoms with van der Waals surface area (Å²) in [4.78, 5) is 4.35. The Kier molecular flexibility index (Phi) is 2.76. The number of aliphatic imine (C=N–C) groups is 1. The molecule has 4 heteroatoms. The zero-order valence-corrected chi connectivity index (χ0v) is 10.2. The Hall–Kier alpha value is -1.87. The van der Waals surface area contributed by atoms with E-state index in [1.807, 2.05) is 6.07 Å². The first-order valence-electron chi connectivity index (χ1n) is 5.59. The smallest absolute Gasteiger partial charge is 0.132 e. The highest BCUT2D eigenvalue weighted by Gasteiger charge is 2.18. The number of nitrogens with zero attached hydrogens (tertiary/aromatic N) is 1. The van der Waals surface area contributed by atoms with Crippen LogP contribution in [0, 0.1) is 5.82 Å². The quantitative estimate of drug-likeness (QED) is 0.831. The fourth-order valence-corrected chi connectivity index (χ4v) is 2.21. The van der Waals surface area contributed by atoms with Crippen LogP contribution in [0.3, 0.4) is 0 Å². The van der Waals surface area contributed by atoms with Gasteiger partial charge in [0.15, 0.2) is 0 Å². The van der Waals surface area contributed by atoms with E-state index in [-0.39, 0.29) is 5.82 Å². The number of fused-ring (bicyclic) bond motifs is 1. The molecule has 0 fully saturated rings. The Morgan fingerprint density at radius 1 is 1.11 bits per heavy atom. The van der Waals surface area contributed by atoms with Crippen molar-refractivity contribution in [1.29, 1.82) is 0 Å². The van der Waals surface area contributed by atoms with Gasteiger partial charge >= 0.3 is 0 Å². The summed E-state index contributed by atoms with van der Waals surface area (Å²) >= 11 is 5.99. The molecule has 0 spiro atoms. The maximum atomic E-state index is 13.8. The average molecular weight is 261 g/mol. The highest BCUT2D eigenvalue weighted by atomic mass is 35.5. The molecule has 18 heavy (non-hydrogen) atoms. The topological polar surface area (TPSA) is 24.4 Å². The molecule has 1 aliphatic rings. The van der Waals surface area contributed by atoms with E-state index in [1.165, 1.54) is 6.07 Å². The second kappa shape index (κ2) is 4.42. The van der Waals surface area contributed by atoms with Crippen molar-refractivity contribution in [2.75, 3.05) is 12.0 Å². The van der Waals surface area contributed by atoms with Gasteiger partial charge in [0, 0.05) is 21.8 Å². The minimum atomic E-state index is -0.274. The number of rotatable bonds is 1. The van der Waals surface area contributed by atoms with Gasteiger partial charge in [0.25, 0.3) is 0 Å². The molecule has 0 saturated heterocycles. The van der Waals surface area contributed by atoms with Gasteiger partial charge in [-0.1, -0.05) is 23.7 Å². The highest BCUT2D eigenvalue weighted by Crippen LogP contribution is 2.27. The first-order valence-corrected chi connectivity index (χ1v) is 5.96. The maximum absolute atomic E-state index is 13.8. The molecule has 0 aliphatic carbocycles. The molecule has 0 saturated carbocycles. The molecule has 0 bridgehead atoms. The second-order valence-corrected chi connectivity index (χ2v) is 4.45. The van der Waals surface area contributed by atoms with Gasteiger partial charge in [-0.05, 0) is 30.3 Å². The van der Waals surface area contributed by atoms with Crippen molar-refractivity contribution in [2.45, 2.75) is 0 Å². The summed E-state index contributed by atoms with van der Waals surface area (Å²) in [5.41, 5.74) is 2.90. The van der Waals surface area contributed by atoms with Gasteiger partial charge in [-0.25, -0.2) is 4.39 Å². The molecule has 0 aromatic heterocycles. The largest absolute Gasteiger partial charge is 0.366 e. The summed E-state index contributed by atoms with van der Waals surface area (Å²) < 4.78 is 13.8. The van der Waals surface area contributed by atoms with Crippen LogP contribution < -0.4 is 5.32 Å². The van der Waals surface area contributed by atoms with Crippen LogP contribution in [0.5, 0.6) is 0 Å². The van der Waals surface area contributed by atoms with E-state index >= 15 is 0 Å². The van der Waals surface area contributed by atoms with Crippen LogP contribution in [0.2, 0.25) is 5.02 Å². The fraction of sp³-hybridized carbons (Fsp3) is 0.0714. The van der Waals surface area contributed by atoms with Crippen molar-refractivity contribution in [3.63, 3.8) is 0 Å². The van der Waals surface area contributed by atoms with Crippen LogP contribution >= 0.6 is 11.6 Å². The summed E-state index contributed by atoms with van der Waals surface area (Å²) in [6, 6.07) is 12.1. The Bertz CT molecular complexity index is 637. The number of halogens is 2. The zero-order valence-electron chi connectivity index (χ0n) is 9.45. The number of benzene rings is 2. The normalized spacial score (nSPS) is 13.6. The molecule has 0 atom stereocenters. The van der Waals surface area contributed by atoms with E-state index in [0.717, 1.165) is 11.3 Å². The number of anilines is 1. The summed E-state index contributed by atoms with van der Waals surface area (Å²) in [6.45, 7) is 0.443. The molecule has 2 nitrogen and oxygen atoms in total. The van der Waals surface area contributed by atoms with Gasteiger partial charge in [-0.15, -0.1) is 0 Å². The van der Waals surface area contributed by atoms with Gasteiger partial charge in [-0.3, -0.25) is 4.99 Å². The second-order valence-electron chi connectivity index (χ2n) is 4.01. The lowest BCUT2D eigenvalue weighted by Crippen LogP contribution is -2.17. The average Bonchev–Trinajstić information content (AvgIpc) is 2.39. The van der Waals surface area contributed by atoms with E-state index < -0.39 is 0 Å². The standard InChI is InChI=1S/C14H10ClFN2/c15-9-5-6-13-11(7-9)14(18-8-17-13)10-3-1-2-4-12(10)16/h1-7,17H,8H2. The van der Waals surface area contributed by atoms with Crippen molar-refractivity contribution in [2.24, 2.45) is 4.99 Å². The van der Waals surface area contributed by atoms with Gasteiger partial charge in [0.05, 0.1) is 5.71 Å². The molecule has 3 rings (SSSR count). The number of hydrogen-bond acceptors (Lipinski definition) is 2. The van der Waals surface area contributed by atoms with Gasteiger partial charge < -0.3 is 5.32 Å². The van der Waals surface area contributed by atoms with Crippen molar-refractivity contribution in [1.82, 2.24) is 0 Å². The molecule has 0 radical (unpaired) electrons. The van der Waals surface area contributed by atoms with E-state index in [4.69, 9.17) is 11.6 Å². The summed E-state index contributed by atoms with van der Waals surface area (Å²) in [7, 11) is 0. The van der Waals surface area contributed by atoms with E-state index in [2.05, 4.69) is 10.3 Å². The summed E-state index contributed by atoms with van der Waals surface area (Å²) in [6.07, 6.45) is 0. The SMILES string of the molecule is Fc1ccccc1C1=NCNc2ccc(Cl)cc21. The molecule has 1 aliphatic heterocycles. The first kappa shape index (κ1) is 11.2. The Balaban J connectivity index is 2.18. The third-order valence-corrected chi connectivity index (χ3v) is 3.11. The fourth-order valence-electron chi connectivity index (χ4n) is 2.04. The highest BCUT2D eigenvalue weighted by molar-refractivity contribution is 6.31. The van der Waals surface area contributed by atoms with Crippen molar-refractivity contribution in [3.05, 3.63) is 64.4 Å². The minimum Gasteiger partial charge on any atom is -0.366 e. The third-order valence-electron chi connectivity index (χ3n) is 2.87. The summed E-state index contributed by atoms with van der Waals surface area (Å²) in [5, 5.41) is 3.75. The van der Waals surface area contributed by atoms with Crippen molar-refractivity contribution in [3.8, 4) is 0 Å². The van der Waals surface area contributed by atoms with Gasteiger partial charge in [0.1, 0.15) is 12.5 Å². The lowest BCUT2D eigenvalue weighted by atomic mass is 9.99. The van der Waals surface area contributed by atoms with Crippen LogP contribution in [-0.2, 0) is 0 Å².